The lowest BCUT2D eigenvalue weighted by Gasteiger charge is -2.11. The Kier molecular flexibility index (Phi) is 8.02. The molecule has 0 aromatic rings. The van der Waals surface area contributed by atoms with Crippen LogP contribution in [0.5, 0.6) is 0 Å². The summed E-state index contributed by atoms with van der Waals surface area (Å²) < 4.78 is 10.4. The monoisotopic (exact) mass is 172 g/mol. The van der Waals surface area contributed by atoms with Crippen LogP contribution in [-0.2, 0) is 9.47 Å². The van der Waals surface area contributed by atoms with Gasteiger partial charge in [0.1, 0.15) is 0 Å². The molecule has 0 saturated carbocycles. The Hall–Kier alpha value is -0.630. The van der Waals surface area contributed by atoms with Crippen molar-refractivity contribution in [2.24, 2.45) is 5.73 Å². The minimum atomic E-state index is 0.0462. The van der Waals surface area contributed by atoms with Gasteiger partial charge in [0.15, 0.2) is 0 Å². The van der Waals surface area contributed by atoms with Gasteiger partial charge in [0, 0.05) is 6.54 Å². The maximum Gasteiger partial charge on any atom is 0.0780 e. The van der Waals surface area contributed by atoms with Crippen molar-refractivity contribution in [1.29, 1.82) is 5.26 Å². The number of ether oxygens (including phenoxy) is 2. The van der Waals surface area contributed by atoms with Crippen molar-refractivity contribution in [3.05, 3.63) is 0 Å². The van der Waals surface area contributed by atoms with Crippen molar-refractivity contribution in [2.45, 2.75) is 19.4 Å². The molecule has 0 aliphatic rings. The Bertz CT molecular complexity index is 134. The summed E-state index contributed by atoms with van der Waals surface area (Å²) in [5, 5.41) is 8.22. The summed E-state index contributed by atoms with van der Waals surface area (Å²) in [5.74, 6) is 0. The average Bonchev–Trinajstić information content (AvgIpc) is 2.06. The first-order chi connectivity index (χ1) is 5.81. The summed E-state index contributed by atoms with van der Waals surface area (Å²) in [7, 11) is 0. The number of nitrogens with two attached hydrogens (primary N) is 1. The quantitative estimate of drug-likeness (QED) is 0.560. The third-order valence-corrected chi connectivity index (χ3v) is 1.23. The fourth-order valence-electron chi connectivity index (χ4n) is 0.686. The zero-order chi connectivity index (χ0) is 9.23. The molecule has 0 rings (SSSR count). The lowest BCUT2D eigenvalue weighted by Crippen LogP contribution is -2.19. The van der Waals surface area contributed by atoms with Crippen LogP contribution < -0.4 is 5.73 Å². The molecule has 1 unspecified atom stereocenters. The lowest BCUT2D eigenvalue weighted by atomic mass is 10.4. The van der Waals surface area contributed by atoms with Gasteiger partial charge in [-0.2, -0.15) is 5.26 Å². The van der Waals surface area contributed by atoms with Crippen LogP contribution in [0.15, 0.2) is 0 Å². The number of hydrogen-bond donors (Lipinski definition) is 1. The molecule has 2 N–H and O–H groups in total. The van der Waals surface area contributed by atoms with Crippen LogP contribution >= 0.6 is 0 Å². The van der Waals surface area contributed by atoms with Crippen LogP contribution in [-0.4, -0.2) is 32.5 Å². The van der Waals surface area contributed by atoms with E-state index in [0.717, 1.165) is 0 Å². The molecule has 4 nitrogen and oxygen atoms in total. The Morgan fingerprint density at radius 1 is 1.50 bits per heavy atom. The zero-order valence-corrected chi connectivity index (χ0v) is 7.45. The summed E-state index contributed by atoms with van der Waals surface area (Å²) in [5.41, 5.74) is 5.23. The molecule has 0 fully saturated rings. The molecule has 1 atom stereocenters. The molecule has 0 saturated heterocycles. The van der Waals surface area contributed by atoms with Gasteiger partial charge in [0.2, 0.25) is 0 Å². The molecule has 0 heterocycles. The average molecular weight is 172 g/mol. The van der Waals surface area contributed by atoms with Crippen LogP contribution in [0, 0.1) is 11.3 Å². The van der Waals surface area contributed by atoms with Crippen LogP contribution in [0.1, 0.15) is 13.3 Å². The predicted molar refractivity (Wildman–Crippen MR) is 45.5 cm³/mol. The molecule has 0 spiro atoms. The second kappa shape index (κ2) is 8.47. The van der Waals surface area contributed by atoms with Crippen LogP contribution in [0.25, 0.3) is 0 Å². The first-order valence-electron chi connectivity index (χ1n) is 4.07. The minimum absolute atomic E-state index is 0.0462. The number of hydrogen-bond acceptors (Lipinski definition) is 4. The topological polar surface area (TPSA) is 68.3 Å². The van der Waals surface area contributed by atoms with Gasteiger partial charge in [0.25, 0.3) is 0 Å². The van der Waals surface area contributed by atoms with Gasteiger partial charge in [0.05, 0.1) is 38.4 Å². The fraction of sp³-hybridized carbons (Fsp3) is 0.875. The molecular weight excluding hydrogens is 156 g/mol. The summed E-state index contributed by atoms with van der Waals surface area (Å²) >= 11 is 0. The van der Waals surface area contributed by atoms with E-state index in [1.54, 1.807) is 0 Å². The standard InChI is InChI=1S/C8H16N2O2/c1-8(7-11-6-4-10)12-5-2-3-9/h8H,2,4-7,10H2,1H3. The van der Waals surface area contributed by atoms with E-state index in [1.165, 1.54) is 0 Å². The first kappa shape index (κ1) is 11.4. The molecule has 0 aliphatic carbocycles. The van der Waals surface area contributed by atoms with E-state index in [4.69, 9.17) is 20.5 Å². The summed E-state index contributed by atoms with van der Waals surface area (Å²) in [6, 6.07) is 2.00. The molecule has 0 aliphatic heterocycles. The van der Waals surface area contributed by atoms with Crippen molar-refractivity contribution in [3.63, 3.8) is 0 Å². The third kappa shape index (κ3) is 7.48. The Morgan fingerprint density at radius 3 is 2.83 bits per heavy atom. The SMILES string of the molecule is CC(COCCN)OCCC#N. The highest BCUT2D eigenvalue weighted by Crippen LogP contribution is 1.92. The van der Waals surface area contributed by atoms with E-state index in [9.17, 15) is 0 Å². The highest BCUT2D eigenvalue weighted by atomic mass is 16.5. The Morgan fingerprint density at radius 2 is 2.25 bits per heavy atom. The number of rotatable bonds is 7. The van der Waals surface area contributed by atoms with Gasteiger partial charge in [-0.1, -0.05) is 0 Å². The Balaban J connectivity index is 3.11. The van der Waals surface area contributed by atoms with Gasteiger partial charge >= 0.3 is 0 Å². The highest BCUT2D eigenvalue weighted by Gasteiger charge is 2.00. The largest absolute Gasteiger partial charge is 0.377 e. The normalized spacial score (nSPS) is 12.4. The molecule has 0 aromatic carbocycles. The van der Waals surface area contributed by atoms with E-state index in [-0.39, 0.29) is 6.10 Å². The van der Waals surface area contributed by atoms with Gasteiger partial charge in [-0.3, -0.25) is 0 Å². The summed E-state index contributed by atoms with van der Waals surface area (Å²) in [4.78, 5) is 0. The van der Waals surface area contributed by atoms with E-state index in [1.807, 2.05) is 13.0 Å². The first-order valence-corrected chi connectivity index (χ1v) is 4.07. The van der Waals surface area contributed by atoms with Crippen LogP contribution in [0.3, 0.4) is 0 Å². The molecule has 0 aromatic heterocycles. The lowest BCUT2D eigenvalue weighted by molar-refractivity contribution is -0.00243. The molecular formula is C8H16N2O2. The molecule has 70 valence electrons. The molecule has 0 radical (unpaired) electrons. The molecule has 12 heavy (non-hydrogen) atoms. The maximum atomic E-state index is 8.22. The fourth-order valence-corrected chi connectivity index (χ4v) is 0.686. The molecule has 4 heteroatoms. The van der Waals surface area contributed by atoms with E-state index in [2.05, 4.69) is 0 Å². The van der Waals surface area contributed by atoms with Gasteiger partial charge in [-0.15, -0.1) is 0 Å². The summed E-state index contributed by atoms with van der Waals surface area (Å²) in [6.07, 6.45) is 0.478. The summed E-state index contributed by atoms with van der Waals surface area (Å²) in [6.45, 7) is 4.02. The van der Waals surface area contributed by atoms with Gasteiger partial charge in [-0.05, 0) is 6.92 Å². The van der Waals surface area contributed by atoms with Crippen LogP contribution in [0.2, 0.25) is 0 Å². The van der Waals surface area contributed by atoms with Gasteiger partial charge < -0.3 is 15.2 Å². The molecule has 0 bridgehead atoms. The zero-order valence-electron chi connectivity index (χ0n) is 7.45. The van der Waals surface area contributed by atoms with Crippen molar-refractivity contribution in [2.75, 3.05) is 26.4 Å². The van der Waals surface area contributed by atoms with Crippen molar-refractivity contribution >= 4 is 0 Å². The highest BCUT2D eigenvalue weighted by molar-refractivity contribution is 4.67. The van der Waals surface area contributed by atoms with E-state index in [0.29, 0.717) is 32.8 Å². The number of nitrogens with zero attached hydrogens (tertiary/aromatic N) is 1. The van der Waals surface area contributed by atoms with Crippen molar-refractivity contribution < 1.29 is 9.47 Å². The second-order valence-corrected chi connectivity index (χ2v) is 2.45. The van der Waals surface area contributed by atoms with Crippen molar-refractivity contribution in [3.8, 4) is 6.07 Å². The van der Waals surface area contributed by atoms with E-state index < -0.39 is 0 Å². The third-order valence-electron chi connectivity index (χ3n) is 1.23. The Labute approximate surface area is 73.3 Å². The van der Waals surface area contributed by atoms with Crippen LogP contribution in [0.4, 0.5) is 0 Å². The predicted octanol–water partition coefficient (Wildman–Crippen LogP) is 0.280. The molecule has 0 amide bonds. The smallest absolute Gasteiger partial charge is 0.0780 e. The minimum Gasteiger partial charge on any atom is -0.377 e. The van der Waals surface area contributed by atoms with Crippen molar-refractivity contribution in [1.82, 2.24) is 0 Å². The van der Waals surface area contributed by atoms with E-state index >= 15 is 0 Å². The van der Waals surface area contributed by atoms with Gasteiger partial charge in [-0.25, -0.2) is 0 Å². The maximum absolute atomic E-state index is 8.22. The second-order valence-electron chi connectivity index (χ2n) is 2.45. The number of nitriles is 1.